The fourth-order valence-electron chi connectivity index (χ4n) is 1.40. The largest absolute Gasteiger partial charge is 0.366 e. The summed E-state index contributed by atoms with van der Waals surface area (Å²) in [5.74, 6) is 0. The van der Waals surface area contributed by atoms with Gasteiger partial charge in [0.05, 0.1) is 0 Å². The lowest BCUT2D eigenvalue weighted by Crippen LogP contribution is -2.42. The summed E-state index contributed by atoms with van der Waals surface area (Å²) in [7, 11) is 0. The predicted molar refractivity (Wildman–Crippen MR) is 32.3 cm³/mol. The molecule has 11 heavy (non-hydrogen) atoms. The van der Waals surface area contributed by atoms with Gasteiger partial charge in [-0.2, -0.15) is 0 Å². The Bertz CT molecular complexity index is 172. The zero-order chi connectivity index (χ0) is 8.06. The maximum absolute atomic E-state index is 9.24. The van der Waals surface area contributed by atoms with Crippen LogP contribution in [0, 0.1) is 0 Å². The van der Waals surface area contributed by atoms with E-state index >= 15 is 0 Å². The van der Waals surface area contributed by atoms with Crippen molar-refractivity contribution in [2.24, 2.45) is 0 Å². The minimum atomic E-state index is -1.11. The zero-order valence-electron chi connectivity index (χ0n) is 6.06. The van der Waals surface area contributed by atoms with E-state index in [1.165, 1.54) is 0 Å². The molecule has 0 spiro atoms. The molecule has 0 aromatic carbocycles. The molecule has 0 bridgehead atoms. The Labute approximate surface area is 63.5 Å². The van der Waals surface area contributed by atoms with Crippen LogP contribution in [0.4, 0.5) is 0 Å². The number of aliphatic hydroxyl groups excluding tert-OH is 2. The maximum atomic E-state index is 9.24. The molecule has 2 rings (SSSR count). The third-order valence-corrected chi connectivity index (χ3v) is 2.20. The highest BCUT2D eigenvalue weighted by molar-refractivity contribution is 4.97. The molecule has 5 nitrogen and oxygen atoms in total. The molecule has 64 valence electrons. The first-order chi connectivity index (χ1) is 5.14. The Kier molecular flexibility index (Phi) is 1.45. The Hall–Kier alpha value is -0.200. The molecule has 2 N–H and O–H groups in total. The summed E-state index contributed by atoms with van der Waals surface area (Å²) in [6, 6.07) is 0. The number of ether oxygens (including phenoxy) is 3. The highest BCUT2D eigenvalue weighted by Gasteiger charge is 2.58. The maximum Gasteiger partial charge on any atom is 0.189 e. The molecule has 5 heteroatoms. The molecule has 2 aliphatic heterocycles. The van der Waals surface area contributed by atoms with Crippen molar-refractivity contribution in [3.63, 3.8) is 0 Å². The lowest BCUT2D eigenvalue weighted by atomic mass is 10.0. The van der Waals surface area contributed by atoms with Crippen LogP contribution in [-0.2, 0) is 14.2 Å². The lowest BCUT2D eigenvalue weighted by Gasteiger charge is -2.21. The molecule has 0 aliphatic carbocycles. The van der Waals surface area contributed by atoms with Crippen LogP contribution >= 0.6 is 0 Å². The monoisotopic (exact) mass is 162 g/mol. The summed E-state index contributed by atoms with van der Waals surface area (Å²) < 4.78 is 14.8. The second kappa shape index (κ2) is 2.15. The molecule has 4 unspecified atom stereocenters. The Morgan fingerprint density at radius 3 is 2.82 bits per heavy atom. The van der Waals surface area contributed by atoms with Crippen molar-refractivity contribution < 1.29 is 24.4 Å². The van der Waals surface area contributed by atoms with E-state index in [0.717, 1.165) is 0 Å². The second-order valence-electron chi connectivity index (χ2n) is 2.91. The van der Waals surface area contributed by atoms with Gasteiger partial charge in [0.15, 0.2) is 12.6 Å². The summed E-state index contributed by atoms with van der Waals surface area (Å²) in [5.41, 5.74) is -0.903. The quantitative estimate of drug-likeness (QED) is 0.467. The molecular formula is C6H10O5. The summed E-state index contributed by atoms with van der Waals surface area (Å²) in [6.45, 7) is 1.74. The Balaban J connectivity index is 2.25. The van der Waals surface area contributed by atoms with Crippen LogP contribution in [0.1, 0.15) is 6.92 Å². The van der Waals surface area contributed by atoms with Crippen molar-refractivity contribution in [3.8, 4) is 0 Å². The summed E-state index contributed by atoms with van der Waals surface area (Å²) in [4.78, 5) is 0. The van der Waals surface area contributed by atoms with E-state index < -0.39 is 24.3 Å². The minimum absolute atomic E-state index is 0.0959. The topological polar surface area (TPSA) is 68.2 Å². The van der Waals surface area contributed by atoms with Gasteiger partial charge >= 0.3 is 0 Å². The average Bonchev–Trinajstić information content (AvgIpc) is 2.39. The van der Waals surface area contributed by atoms with Gasteiger partial charge in [0, 0.05) is 0 Å². The van der Waals surface area contributed by atoms with E-state index in [1.807, 2.05) is 0 Å². The molecule has 2 fully saturated rings. The van der Waals surface area contributed by atoms with E-state index in [1.54, 1.807) is 6.92 Å². The standard InChI is InChI=1S/C6H10O5/c1-6-3(9-2-10-6)4(7)11-5(6)8/h3-5,7-8H,2H2,1H3. The van der Waals surface area contributed by atoms with Crippen molar-refractivity contribution in [2.75, 3.05) is 6.79 Å². The molecule has 0 saturated carbocycles. The number of hydrogen-bond acceptors (Lipinski definition) is 5. The van der Waals surface area contributed by atoms with Crippen LogP contribution in [0.3, 0.4) is 0 Å². The van der Waals surface area contributed by atoms with Crippen molar-refractivity contribution in [3.05, 3.63) is 0 Å². The van der Waals surface area contributed by atoms with Crippen LogP contribution in [0.5, 0.6) is 0 Å². The first-order valence-electron chi connectivity index (χ1n) is 3.42. The molecule has 2 heterocycles. The molecule has 4 atom stereocenters. The lowest BCUT2D eigenvalue weighted by molar-refractivity contribution is -0.222. The zero-order valence-corrected chi connectivity index (χ0v) is 6.06. The molecule has 0 amide bonds. The van der Waals surface area contributed by atoms with Crippen molar-refractivity contribution in [1.82, 2.24) is 0 Å². The summed E-state index contributed by atoms with van der Waals surface area (Å²) in [5, 5.41) is 18.4. The average molecular weight is 162 g/mol. The summed E-state index contributed by atoms with van der Waals surface area (Å²) in [6.07, 6.45) is -2.76. The van der Waals surface area contributed by atoms with Crippen LogP contribution in [0.25, 0.3) is 0 Å². The van der Waals surface area contributed by atoms with Gasteiger partial charge in [-0.25, -0.2) is 0 Å². The minimum Gasteiger partial charge on any atom is -0.366 e. The Morgan fingerprint density at radius 1 is 1.45 bits per heavy atom. The van der Waals surface area contributed by atoms with Crippen LogP contribution < -0.4 is 0 Å². The normalized spacial score (nSPS) is 56.5. The molecule has 0 aromatic rings. The van der Waals surface area contributed by atoms with E-state index in [-0.39, 0.29) is 6.79 Å². The molecule has 0 radical (unpaired) electrons. The first kappa shape index (κ1) is 7.45. The molecule has 2 aliphatic rings. The van der Waals surface area contributed by atoms with Gasteiger partial charge in [0.1, 0.15) is 18.5 Å². The van der Waals surface area contributed by atoms with Crippen molar-refractivity contribution in [2.45, 2.75) is 31.2 Å². The third kappa shape index (κ3) is 0.830. The number of hydrogen-bond donors (Lipinski definition) is 2. The van der Waals surface area contributed by atoms with E-state index in [9.17, 15) is 5.11 Å². The van der Waals surface area contributed by atoms with Gasteiger partial charge in [0.25, 0.3) is 0 Å². The Morgan fingerprint density at radius 2 is 2.18 bits per heavy atom. The van der Waals surface area contributed by atoms with Crippen LogP contribution in [0.2, 0.25) is 0 Å². The van der Waals surface area contributed by atoms with E-state index in [0.29, 0.717) is 0 Å². The van der Waals surface area contributed by atoms with Gasteiger partial charge in [-0.1, -0.05) is 0 Å². The van der Waals surface area contributed by atoms with Crippen LogP contribution in [-0.4, -0.2) is 41.3 Å². The van der Waals surface area contributed by atoms with Gasteiger partial charge in [0.2, 0.25) is 0 Å². The summed E-state index contributed by atoms with van der Waals surface area (Å²) >= 11 is 0. The first-order valence-corrected chi connectivity index (χ1v) is 3.42. The highest BCUT2D eigenvalue weighted by atomic mass is 16.8. The number of fused-ring (bicyclic) bond motifs is 1. The van der Waals surface area contributed by atoms with E-state index in [4.69, 9.17) is 19.3 Å². The molecular weight excluding hydrogens is 152 g/mol. The number of aliphatic hydroxyl groups is 2. The van der Waals surface area contributed by atoms with E-state index in [2.05, 4.69) is 0 Å². The fraction of sp³-hybridized carbons (Fsp3) is 1.00. The van der Waals surface area contributed by atoms with Gasteiger partial charge in [-0.05, 0) is 6.92 Å². The van der Waals surface area contributed by atoms with Gasteiger partial charge in [-0.15, -0.1) is 0 Å². The molecule has 2 saturated heterocycles. The second-order valence-corrected chi connectivity index (χ2v) is 2.91. The molecule has 0 aromatic heterocycles. The fourth-order valence-corrected chi connectivity index (χ4v) is 1.40. The van der Waals surface area contributed by atoms with Crippen molar-refractivity contribution >= 4 is 0 Å². The smallest absolute Gasteiger partial charge is 0.189 e. The van der Waals surface area contributed by atoms with Crippen molar-refractivity contribution in [1.29, 1.82) is 0 Å². The van der Waals surface area contributed by atoms with Gasteiger partial charge in [-0.3, -0.25) is 0 Å². The van der Waals surface area contributed by atoms with Crippen LogP contribution in [0.15, 0.2) is 0 Å². The highest BCUT2D eigenvalue weighted by Crippen LogP contribution is 2.37. The van der Waals surface area contributed by atoms with Gasteiger partial charge < -0.3 is 24.4 Å². The third-order valence-electron chi connectivity index (χ3n) is 2.20. The predicted octanol–water partition coefficient (Wildman–Crippen LogP) is -1.22. The SMILES string of the molecule is CC12OCOC1C(O)OC2O. The number of rotatable bonds is 0.